The van der Waals surface area contributed by atoms with E-state index in [9.17, 15) is 4.79 Å². The van der Waals surface area contributed by atoms with Crippen LogP contribution in [0.1, 0.15) is 48.9 Å². The highest BCUT2D eigenvalue weighted by atomic mass is 35.5. The summed E-state index contributed by atoms with van der Waals surface area (Å²) in [5.74, 6) is 0.519. The molecular weight excluding hydrogens is 340 g/mol. The van der Waals surface area contributed by atoms with Crippen LogP contribution in [0.2, 0.25) is 0 Å². The van der Waals surface area contributed by atoms with Crippen LogP contribution in [-0.2, 0) is 0 Å². The van der Waals surface area contributed by atoms with Gasteiger partial charge in [-0.3, -0.25) is 9.48 Å². The molecule has 0 saturated heterocycles. The van der Waals surface area contributed by atoms with E-state index in [0.29, 0.717) is 30.6 Å². The normalized spacial score (nSPS) is 10.4. The monoisotopic (exact) mass is 366 g/mol. The van der Waals surface area contributed by atoms with E-state index >= 15 is 0 Å². The molecule has 0 atom stereocenters. The molecule has 0 radical (unpaired) electrons. The zero-order valence-corrected chi connectivity index (χ0v) is 15.8. The van der Waals surface area contributed by atoms with Crippen LogP contribution in [0.4, 0.5) is 5.69 Å². The van der Waals surface area contributed by atoms with Crippen molar-refractivity contribution in [2.75, 3.05) is 18.5 Å². The Morgan fingerprint density at radius 3 is 2.48 bits per heavy atom. The van der Waals surface area contributed by atoms with E-state index in [1.807, 2.05) is 17.7 Å². The van der Waals surface area contributed by atoms with E-state index in [1.165, 1.54) is 0 Å². The largest absolute Gasteiger partial charge is 0.492 e. The highest BCUT2D eigenvalue weighted by Crippen LogP contribution is 2.19. The maximum atomic E-state index is 12.4. The first-order valence-corrected chi connectivity index (χ1v) is 8.39. The van der Waals surface area contributed by atoms with Crippen LogP contribution in [0.25, 0.3) is 0 Å². The Morgan fingerprint density at radius 2 is 1.92 bits per heavy atom. The highest BCUT2D eigenvalue weighted by Gasteiger charge is 2.16. The number of rotatable bonds is 8. The Balaban J connectivity index is 0.00000312. The molecule has 1 amide bonds. The average Bonchev–Trinajstić information content (AvgIpc) is 2.97. The first kappa shape index (κ1) is 21.0. The lowest BCUT2D eigenvalue weighted by Gasteiger charge is -2.14. The van der Waals surface area contributed by atoms with E-state index in [1.54, 1.807) is 24.3 Å². The summed E-state index contributed by atoms with van der Waals surface area (Å²) >= 11 is 0. The van der Waals surface area contributed by atoms with Crippen molar-refractivity contribution in [3.8, 4) is 5.75 Å². The maximum Gasteiger partial charge on any atom is 0.276 e. The molecule has 1 heterocycles. The predicted octanol–water partition coefficient (Wildman–Crippen LogP) is 3.56. The third-order valence-electron chi connectivity index (χ3n) is 3.94. The lowest BCUT2D eigenvalue weighted by atomic mass is 10.2. The van der Waals surface area contributed by atoms with Gasteiger partial charge in [-0.05, 0) is 50.1 Å². The van der Waals surface area contributed by atoms with Crippen molar-refractivity contribution in [1.29, 1.82) is 0 Å². The number of carbonyl (C=O) groups is 1. The van der Waals surface area contributed by atoms with Gasteiger partial charge in [0, 0.05) is 17.9 Å². The number of anilines is 1. The third kappa shape index (κ3) is 5.47. The SMILES string of the molecule is CCC(CC)n1nc(C(=O)Nc2ccc(OCCN)cc2)cc1C.Cl. The molecule has 0 aliphatic rings. The number of ether oxygens (including phenoxy) is 1. The minimum atomic E-state index is -0.210. The Bertz CT molecular complexity index is 666. The maximum absolute atomic E-state index is 12.4. The van der Waals surface area contributed by atoms with E-state index < -0.39 is 0 Å². The molecule has 0 aliphatic carbocycles. The molecule has 1 aromatic heterocycles. The number of nitrogens with one attached hydrogen (secondary N) is 1. The van der Waals surface area contributed by atoms with E-state index in [2.05, 4.69) is 24.3 Å². The average molecular weight is 367 g/mol. The van der Waals surface area contributed by atoms with Crippen LogP contribution in [0.5, 0.6) is 5.75 Å². The minimum Gasteiger partial charge on any atom is -0.492 e. The molecule has 1 aromatic carbocycles. The van der Waals surface area contributed by atoms with Crippen molar-refractivity contribution < 1.29 is 9.53 Å². The molecule has 0 bridgehead atoms. The number of carbonyl (C=O) groups excluding carboxylic acids is 1. The molecule has 2 aromatic rings. The van der Waals surface area contributed by atoms with Crippen LogP contribution in [-0.4, -0.2) is 28.8 Å². The number of hydrogen-bond acceptors (Lipinski definition) is 4. The minimum absolute atomic E-state index is 0. The number of nitrogens with two attached hydrogens (primary N) is 1. The van der Waals surface area contributed by atoms with Crippen molar-refractivity contribution in [2.24, 2.45) is 5.73 Å². The van der Waals surface area contributed by atoms with Gasteiger partial charge < -0.3 is 15.8 Å². The fourth-order valence-corrected chi connectivity index (χ4v) is 2.61. The van der Waals surface area contributed by atoms with Gasteiger partial charge in [-0.15, -0.1) is 12.4 Å². The number of aromatic nitrogens is 2. The molecular formula is C18H27ClN4O2. The molecule has 7 heteroatoms. The Morgan fingerprint density at radius 1 is 1.28 bits per heavy atom. The highest BCUT2D eigenvalue weighted by molar-refractivity contribution is 6.02. The molecule has 25 heavy (non-hydrogen) atoms. The second kappa shape index (κ2) is 10.1. The summed E-state index contributed by atoms with van der Waals surface area (Å²) in [6, 6.07) is 9.36. The first-order chi connectivity index (χ1) is 11.6. The third-order valence-corrected chi connectivity index (χ3v) is 3.94. The molecule has 2 rings (SSSR count). The van der Waals surface area contributed by atoms with Crippen LogP contribution in [0.3, 0.4) is 0 Å². The van der Waals surface area contributed by atoms with E-state index in [4.69, 9.17) is 10.5 Å². The van der Waals surface area contributed by atoms with Gasteiger partial charge in [0.15, 0.2) is 5.69 Å². The molecule has 6 nitrogen and oxygen atoms in total. The zero-order valence-electron chi connectivity index (χ0n) is 15.0. The van der Waals surface area contributed by atoms with Gasteiger partial charge in [0.05, 0.1) is 6.04 Å². The number of nitrogens with zero attached hydrogens (tertiary/aromatic N) is 2. The molecule has 0 spiro atoms. The second-order valence-corrected chi connectivity index (χ2v) is 5.70. The molecule has 0 saturated carbocycles. The lowest BCUT2D eigenvalue weighted by Crippen LogP contribution is -2.15. The molecule has 0 aliphatic heterocycles. The van der Waals surface area contributed by atoms with Crippen molar-refractivity contribution >= 4 is 24.0 Å². The number of halogens is 1. The summed E-state index contributed by atoms with van der Waals surface area (Å²) < 4.78 is 7.36. The van der Waals surface area contributed by atoms with Crippen molar-refractivity contribution in [3.05, 3.63) is 41.7 Å². The Kier molecular flexibility index (Phi) is 8.45. The number of aryl methyl sites for hydroxylation is 1. The first-order valence-electron chi connectivity index (χ1n) is 8.39. The summed E-state index contributed by atoms with van der Waals surface area (Å²) in [5.41, 5.74) is 7.54. The molecule has 138 valence electrons. The van der Waals surface area contributed by atoms with Crippen molar-refractivity contribution in [3.63, 3.8) is 0 Å². The molecule has 0 unspecified atom stereocenters. The Labute approximate surface area is 155 Å². The number of benzene rings is 1. The smallest absolute Gasteiger partial charge is 0.276 e. The molecule has 3 N–H and O–H groups in total. The van der Waals surface area contributed by atoms with Gasteiger partial charge in [-0.25, -0.2) is 0 Å². The summed E-state index contributed by atoms with van der Waals surface area (Å²) in [7, 11) is 0. The van der Waals surface area contributed by atoms with Crippen LogP contribution in [0.15, 0.2) is 30.3 Å². The van der Waals surface area contributed by atoms with Gasteiger partial charge in [0.25, 0.3) is 5.91 Å². The van der Waals surface area contributed by atoms with Crippen LogP contribution >= 0.6 is 12.4 Å². The summed E-state index contributed by atoms with van der Waals surface area (Å²) in [6.07, 6.45) is 1.98. The van der Waals surface area contributed by atoms with Gasteiger partial charge in [0.1, 0.15) is 12.4 Å². The second-order valence-electron chi connectivity index (χ2n) is 5.70. The van der Waals surface area contributed by atoms with Gasteiger partial charge >= 0.3 is 0 Å². The van der Waals surface area contributed by atoms with E-state index in [0.717, 1.165) is 24.3 Å². The predicted molar refractivity (Wildman–Crippen MR) is 103 cm³/mol. The van der Waals surface area contributed by atoms with Crippen molar-refractivity contribution in [2.45, 2.75) is 39.7 Å². The topological polar surface area (TPSA) is 82.2 Å². The quantitative estimate of drug-likeness (QED) is 0.748. The fourth-order valence-electron chi connectivity index (χ4n) is 2.61. The summed E-state index contributed by atoms with van der Waals surface area (Å²) in [6.45, 7) is 7.17. The standard InChI is InChI=1S/C18H26N4O2.ClH/c1-4-15(5-2)22-13(3)12-17(21-22)18(23)20-14-6-8-16(9-7-14)24-11-10-19;/h6-9,12,15H,4-5,10-11,19H2,1-3H3,(H,20,23);1H. The van der Waals surface area contributed by atoms with Crippen molar-refractivity contribution in [1.82, 2.24) is 9.78 Å². The zero-order chi connectivity index (χ0) is 17.5. The van der Waals surface area contributed by atoms with Crippen LogP contribution < -0.4 is 15.8 Å². The number of amides is 1. The Hall–Kier alpha value is -2.05. The van der Waals surface area contributed by atoms with Gasteiger partial charge in [-0.1, -0.05) is 13.8 Å². The molecule has 0 fully saturated rings. The number of hydrogen-bond donors (Lipinski definition) is 2. The van der Waals surface area contributed by atoms with Gasteiger partial charge in [-0.2, -0.15) is 5.10 Å². The van der Waals surface area contributed by atoms with Crippen LogP contribution in [0, 0.1) is 6.92 Å². The summed E-state index contributed by atoms with van der Waals surface area (Å²) in [4.78, 5) is 12.4. The lowest BCUT2D eigenvalue weighted by molar-refractivity contribution is 0.102. The van der Waals surface area contributed by atoms with Gasteiger partial charge in [0.2, 0.25) is 0 Å². The van der Waals surface area contributed by atoms with E-state index in [-0.39, 0.29) is 18.3 Å². The summed E-state index contributed by atoms with van der Waals surface area (Å²) in [5, 5.41) is 7.33. The fraction of sp³-hybridized carbons (Fsp3) is 0.444.